The van der Waals surface area contributed by atoms with Crippen molar-refractivity contribution in [3.05, 3.63) is 11.9 Å². The fourth-order valence-electron chi connectivity index (χ4n) is 3.75. The average molecular weight is 237 g/mol. The molecule has 0 saturated carbocycles. The molecule has 0 aromatic rings. The maximum absolute atomic E-state index is 6.34. The van der Waals surface area contributed by atoms with Crippen molar-refractivity contribution in [3.63, 3.8) is 0 Å². The number of nitrogens with one attached hydrogen (secondary N) is 1. The summed E-state index contributed by atoms with van der Waals surface area (Å²) in [6.45, 7) is 7.27. The number of hydrogen-bond acceptors (Lipinski definition) is 3. The fourth-order valence-corrected chi connectivity index (χ4v) is 3.75. The van der Waals surface area contributed by atoms with Crippen LogP contribution in [0, 0.1) is 0 Å². The molecule has 2 atom stereocenters. The Morgan fingerprint density at radius 1 is 1.29 bits per heavy atom. The molecule has 3 rings (SSSR count). The summed E-state index contributed by atoms with van der Waals surface area (Å²) in [7, 11) is 0. The lowest BCUT2D eigenvalue weighted by atomic mass is 10.0. The first kappa shape index (κ1) is 11.5. The number of hydrazine groups is 1. The molecule has 2 saturated heterocycles. The molecular weight excluding hydrogens is 212 g/mol. The summed E-state index contributed by atoms with van der Waals surface area (Å²) < 4.78 is 1.16. The summed E-state index contributed by atoms with van der Waals surface area (Å²) in [6.07, 6.45) is 7.54. The first-order valence-corrected chi connectivity index (χ1v) is 7.06. The van der Waals surface area contributed by atoms with Gasteiger partial charge in [0.25, 0.3) is 0 Å². The molecule has 3 N–H and O–H groups in total. The Kier molecular flexibility index (Phi) is 2.89. The van der Waals surface area contributed by atoms with Gasteiger partial charge in [-0.05, 0) is 13.3 Å². The second-order valence-corrected chi connectivity index (χ2v) is 5.98. The highest BCUT2D eigenvalue weighted by Gasteiger charge is 2.39. The number of rotatable bonds is 1. The zero-order valence-electron chi connectivity index (χ0n) is 10.9. The van der Waals surface area contributed by atoms with Gasteiger partial charge in [-0.25, -0.2) is 5.01 Å². The number of hydrogen-bond donors (Lipinski definition) is 2. The highest BCUT2D eigenvalue weighted by molar-refractivity contribution is 5.08. The second-order valence-electron chi connectivity index (χ2n) is 5.98. The monoisotopic (exact) mass is 237 g/mol. The Morgan fingerprint density at radius 3 is 2.65 bits per heavy atom. The van der Waals surface area contributed by atoms with Crippen LogP contribution in [0.3, 0.4) is 0 Å². The van der Waals surface area contributed by atoms with Gasteiger partial charge in [-0.15, -0.1) is 0 Å². The highest BCUT2D eigenvalue weighted by Crippen LogP contribution is 2.30. The molecule has 0 aromatic heterocycles. The lowest BCUT2D eigenvalue weighted by Gasteiger charge is -2.40. The average Bonchev–Trinajstić information content (AvgIpc) is 2.90. The molecule has 1 spiro atoms. The van der Waals surface area contributed by atoms with Gasteiger partial charge in [0.1, 0.15) is 6.20 Å². The van der Waals surface area contributed by atoms with Gasteiger partial charge in [-0.3, -0.25) is 9.91 Å². The Hall–Kier alpha value is -0.580. The van der Waals surface area contributed by atoms with E-state index >= 15 is 0 Å². The van der Waals surface area contributed by atoms with Crippen molar-refractivity contribution in [3.8, 4) is 0 Å². The van der Waals surface area contributed by atoms with Crippen LogP contribution in [0.1, 0.15) is 32.6 Å². The van der Waals surface area contributed by atoms with Crippen LogP contribution in [0.15, 0.2) is 11.9 Å². The van der Waals surface area contributed by atoms with Crippen molar-refractivity contribution in [2.75, 3.05) is 26.2 Å². The van der Waals surface area contributed by atoms with Gasteiger partial charge in [-0.1, -0.05) is 0 Å². The number of nitrogens with zero attached hydrogens (tertiary/aromatic N) is 2. The third kappa shape index (κ3) is 1.98. The predicted molar refractivity (Wildman–Crippen MR) is 68.7 cm³/mol. The predicted octanol–water partition coefficient (Wildman–Crippen LogP) is 0.768. The molecule has 17 heavy (non-hydrogen) atoms. The molecule has 0 aliphatic carbocycles. The van der Waals surface area contributed by atoms with E-state index in [2.05, 4.69) is 23.6 Å². The number of quaternary nitrogens is 1. The van der Waals surface area contributed by atoms with Crippen LogP contribution >= 0.6 is 0 Å². The zero-order valence-corrected chi connectivity index (χ0v) is 10.9. The molecule has 3 heterocycles. The Balaban J connectivity index is 1.76. The maximum Gasteiger partial charge on any atom is 0.117 e. The molecule has 2 unspecified atom stereocenters. The van der Waals surface area contributed by atoms with Gasteiger partial charge >= 0.3 is 0 Å². The standard InChI is InChI=1S/C13H25N4/c1-11-4-6-15-16(11)13-5-9-17(10-12(13)14)7-2-3-8-17/h10-11,13,15H,2-9,14H2,1H3/q+1. The van der Waals surface area contributed by atoms with Crippen molar-refractivity contribution < 1.29 is 4.48 Å². The van der Waals surface area contributed by atoms with E-state index < -0.39 is 0 Å². The molecule has 0 radical (unpaired) electrons. The smallest absolute Gasteiger partial charge is 0.117 e. The summed E-state index contributed by atoms with van der Waals surface area (Å²) in [5.41, 5.74) is 10.9. The van der Waals surface area contributed by atoms with Crippen molar-refractivity contribution in [2.24, 2.45) is 5.73 Å². The maximum atomic E-state index is 6.34. The van der Waals surface area contributed by atoms with Gasteiger partial charge in [0.2, 0.25) is 0 Å². The van der Waals surface area contributed by atoms with Gasteiger partial charge in [-0.2, -0.15) is 0 Å². The fraction of sp³-hybridized carbons (Fsp3) is 0.846. The van der Waals surface area contributed by atoms with Crippen LogP contribution in [0.25, 0.3) is 0 Å². The van der Waals surface area contributed by atoms with Crippen LogP contribution in [0.2, 0.25) is 0 Å². The molecule has 2 fully saturated rings. The summed E-state index contributed by atoms with van der Waals surface area (Å²) in [4.78, 5) is 0. The van der Waals surface area contributed by atoms with Crippen LogP contribution in [-0.2, 0) is 0 Å². The Bertz CT molecular complexity index is 319. The van der Waals surface area contributed by atoms with E-state index in [-0.39, 0.29) is 0 Å². The third-order valence-electron chi connectivity index (χ3n) is 4.78. The zero-order chi connectivity index (χ0) is 11.9. The number of nitrogens with two attached hydrogens (primary N) is 1. The van der Waals surface area contributed by atoms with E-state index in [0.29, 0.717) is 12.1 Å². The summed E-state index contributed by atoms with van der Waals surface area (Å²) in [6, 6.07) is 1.05. The molecule has 3 aliphatic rings. The quantitative estimate of drug-likeness (QED) is 0.662. The SMILES string of the molecule is CC1CCNN1C1CC[N+]2(C=C1N)CCCC2. The lowest BCUT2D eigenvalue weighted by Crippen LogP contribution is -2.54. The van der Waals surface area contributed by atoms with E-state index in [1.54, 1.807) is 0 Å². The first-order valence-electron chi connectivity index (χ1n) is 7.06. The van der Waals surface area contributed by atoms with Gasteiger partial charge in [0.05, 0.1) is 31.4 Å². The molecule has 0 amide bonds. The largest absolute Gasteiger partial charge is 0.396 e. The first-order chi connectivity index (χ1) is 8.20. The minimum atomic E-state index is 0.428. The van der Waals surface area contributed by atoms with E-state index in [0.717, 1.165) is 16.7 Å². The van der Waals surface area contributed by atoms with Crippen LogP contribution < -0.4 is 11.2 Å². The Labute approximate surface area is 104 Å². The molecule has 4 heteroatoms. The van der Waals surface area contributed by atoms with Crippen molar-refractivity contribution in [2.45, 2.75) is 44.7 Å². The molecule has 0 bridgehead atoms. The Morgan fingerprint density at radius 2 is 2.06 bits per heavy atom. The lowest BCUT2D eigenvalue weighted by molar-refractivity contribution is -0.870. The molecular formula is C13H25N4+. The van der Waals surface area contributed by atoms with Gasteiger partial charge in [0.15, 0.2) is 0 Å². The molecule has 3 aliphatic heterocycles. The topological polar surface area (TPSA) is 41.3 Å². The minimum Gasteiger partial charge on any atom is -0.396 e. The van der Waals surface area contributed by atoms with Crippen molar-refractivity contribution >= 4 is 0 Å². The second kappa shape index (κ2) is 4.26. The van der Waals surface area contributed by atoms with E-state index in [4.69, 9.17) is 5.73 Å². The normalized spacial score (nSPS) is 37.6. The molecule has 96 valence electrons. The molecule has 4 nitrogen and oxygen atoms in total. The van der Waals surface area contributed by atoms with Crippen molar-refractivity contribution in [1.82, 2.24) is 10.4 Å². The third-order valence-corrected chi connectivity index (χ3v) is 4.78. The van der Waals surface area contributed by atoms with E-state index in [1.807, 2.05) is 0 Å². The molecule has 0 aromatic carbocycles. The highest BCUT2D eigenvalue weighted by atomic mass is 15.6. The van der Waals surface area contributed by atoms with E-state index in [9.17, 15) is 0 Å². The summed E-state index contributed by atoms with van der Waals surface area (Å²) in [5.74, 6) is 0. The summed E-state index contributed by atoms with van der Waals surface area (Å²) >= 11 is 0. The minimum absolute atomic E-state index is 0.428. The van der Waals surface area contributed by atoms with Crippen LogP contribution in [0.4, 0.5) is 0 Å². The summed E-state index contributed by atoms with van der Waals surface area (Å²) in [5, 5.41) is 2.39. The van der Waals surface area contributed by atoms with Crippen molar-refractivity contribution in [1.29, 1.82) is 0 Å². The van der Waals surface area contributed by atoms with Crippen LogP contribution in [-0.4, -0.2) is 47.8 Å². The van der Waals surface area contributed by atoms with Gasteiger partial charge in [0, 0.05) is 31.8 Å². The van der Waals surface area contributed by atoms with E-state index in [1.165, 1.54) is 45.3 Å². The van der Waals surface area contributed by atoms with Crippen LogP contribution in [0.5, 0.6) is 0 Å². The van der Waals surface area contributed by atoms with Gasteiger partial charge < -0.3 is 5.73 Å².